The summed E-state index contributed by atoms with van der Waals surface area (Å²) in [6, 6.07) is -5.47. The Kier molecular flexibility index (Phi) is 35.9. The Bertz CT molecular complexity index is 3410. The smallest absolute Gasteiger partial charge is 0.217 e. The summed E-state index contributed by atoms with van der Waals surface area (Å²) in [6.07, 6.45) is -102. The van der Waals surface area contributed by atoms with Gasteiger partial charge in [-0.25, -0.2) is 0 Å². The highest BCUT2D eigenvalue weighted by Gasteiger charge is 2.63. The molecular weight excluding hydrogens is 1720 g/mol. The number of amides is 3. The Morgan fingerprint density at radius 3 is 0.675 bits per heavy atom. The van der Waals surface area contributed by atoms with E-state index in [0.717, 1.165) is 20.8 Å². The first kappa shape index (κ1) is 103. The molecule has 54 nitrogen and oxygen atoms in total. The summed E-state index contributed by atoms with van der Waals surface area (Å²) in [5.74, 6) is -2.68. The van der Waals surface area contributed by atoms with Crippen molar-refractivity contribution in [3.8, 4) is 0 Å². The standard InChI is InChI=1S/C72H121N3O51/c1-15-32(85)55(47(100)62(105)106-15)120-63-30(74-21(7)83)53(41(94)27(13-80)111-63)118-71-60(44(97)38(91)24(10-77)115-71)125-69-51(104)59(36(89)19(5)109-69)124-68-49(102)57(34(87)17(3)108-68)122-65-31(75-22(8)84)54(42(95)28(14-81)113-65)119-72-61(45(98)39(92)25(11-78)116-72)126-70-50(103)58(35(88)18(4)110-70)123-67-48(101)56(33(86)16(2)107-67)121-64-29(73-20(6)82)52(40(93)26(12-79)112-64)117-66-46(99)43(96)37(90)23(9-76)114-66/h15-19,23-72,76-81,85-105H,9-14H2,1-8H3,(H,73,82)(H,74,83)(H,75,84)/t15-,16-,17-,18-,19-,23+,24+,25+,26+,27+,28+,29+,30+,31+,32-,33-,34-,35-,36-,37-,38-,39-,40+,41+,42+,43-,44-,45-,46+,47+,48+,49+,50+,51+,52+,53+,54+,55+,56+,57+,58+,59+,60+,61+,62+,63+,64+,65+,66+,67-,68-,69-,70-,71+,72+/m0/s1. The zero-order chi connectivity index (χ0) is 92.7. The molecule has 11 saturated heterocycles. The molecule has 0 aliphatic carbocycles. The van der Waals surface area contributed by atoms with Crippen molar-refractivity contribution in [2.75, 3.05) is 39.6 Å². The second kappa shape index (κ2) is 43.9. The van der Waals surface area contributed by atoms with Crippen LogP contribution in [0.2, 0.25) is 0 Å². The first-order valence-corrected chi connectivity index (χ1v) is 41.0. The lowest BCUT2D eigenvalue weighted by atomic mass is 9.94. The molecule has 11 heterocycles. The first-order valence-electron chi connectivity index (χ1n) is 41.0. The molecule has 30 N–H and O–H groups in total. The lowest BCUT2D eigenvalue weighted by Crippen LogP contribution is -2.70. The maximum absolute atomic E-state index is 13.4. The number of aliphatic hydroxyl groups excluding tert-OH is 27. The number of carbonyl (C=O) groups is 3. The van der Waals surface area contributed by atoms with Crippen molar-refractivity contribution in [2.45, 2.75) is 393 Å². The van der Waals surface area contributed by atoms with Crippen LogP contribution in [0.4, 0.5) is 0 Å². The topological polar surface area (TPSA) is 827 Å². The fourth-order valence-corrected chi connectivity index (χ4v) is 16.8. The number of hydrogen-bond donors (Lipinski definition) is 30. The lowest BCUT2D eigenvalue weighted by molar-refractivity contribution is -0.400. The summed E-state index contributed by atoms with van der Waals surface area (Å²) in [4.78, 5) is 39.1. The van der Waals surface area contributed by atoms with Gasteiger partial charge in [0.15, 0.2) is 69.2 Å². The van der Waals surface area contributed by atoms with Gasteiger partial charge in [0.25, 0.3) is 0 Å². The van der Waals surface area contributed by atoms with Gasteiger partial charge < -0.3 is 253 Å². The third-order valence-corrected chi connectivity index (χ3v) is 24.0. The minimum Gasteiger partial charge on any atom is -0.394 e. The summed E-state index contributed by atoms with van der Waals surface area (Å²) >= 11 is 0. The minimum atomic E-state index is -2.33. The lowest BCUT2D eigenvalue weighted by Gasteiger charge is -2.51. The number of aliphatic hydroxyl groups is 27. The molecule has 11 aliphatic heterocycles. The van der Waals surface area contributed by atoms with Gasteiger partial charge in [0, 0.05) is 20.8 Å². The third kappa shape index (κ3) is 21.9. The predicted octanol–water partition coefficient (Wildman–Crippen LogP) is -19.4. The predicted molar refractivity (Wildman–Crippen MR) is 390 cm³/mol. The molecule has 0 aromatic rings. The highest BCUT2D eigenvalue weighted by molar-refractivity contribution is 5.74. The molecule has 3 amide bonds. The van der Waals surface area contributed by atoms with E-state index in [1.54, 1.807) is 0 Å². The Labute approximate surface area is 716 Å². The molecule has 126 heavy (non-hydrogen) atoms. The van der Waals surface area contributed by atoms with Crippen molar-refractivity contribution in [2.24, 2.45) is 0 Å². The summed E-state index contributed by atoms with van der Waals surface area (Å²) in [7, 11) is 0. The van der Waals surface area contributed by atoms with Crippen LogP contribution >= 0.6 is 0 Å². The van der Waals surface area contributed by atoms with Crippen LogP contribution in [0.25, 0.3) is 0 Å². The maximum atomic E-state index is 13.4. The molecule has 11 aliphatic rings. The zero-order valence-corrected chi connectivity index (χ0v) is 68.9. The second-order valence-electron chi connectivity index (χ2n) is 32.9. The van der Waals surface area contributed by atoms with Gasteiger partial charge in [0.05, 0.1) is 70.2 Å². The quantitative estimate of drug-likeness (QED) is 0.0331. The Morgan fingerprint density at radius 1 is 0.206 bits per heavy atom. The second-order valence-corrected chi connectivity index (χ2v) is 32.9. The van der Waals surface area contributed by atoms with Crippen LogP contribution in [-0.4, -0.2) is 533 Å². The monoisotopic (exact) mass is 1840 g/mol. The molecular formula is C72H121N3O51. The van der Waals surface area contributed by atoms with Crippen LogP contribution in [0, 0.1) is 0 Å². The highest BCUT2D eigenvalue weighted by atomic mass is 16.8. The molecule has 0 unspecified atom stereocenters. The van der Waals surface area contributed by atoms with E-state index in [-0.39, 0.29) is 0 Å². The Balaban J connectivity index is 0.799. The first-order chi connectivity index (χ1) is 59.4. The Morgan fingerprint density at radius 2 is 0.405 bits per heavy atom. The molecule has 11 fully saturated rings. The molecule has 0 saturated carbocycles. The number of hydrogen-bond acceptors (Lipinski definition) is 51. The molecule has 0 radical (unpaired) electrons. The van der Waals surface area contributed by atoms with Crippen LogP contribution in [0.3, 0.4) is 0 Å². The van der Waals surface area contributed by atoms with Gasteiger partial charge in [-0.05, 0) is 34.6 Å². The van der Waals surface area contributed by atoms with E-state index in [9.17, 15) is 152 Å². The van der Waals surface area contributed by atoms with E-state index < -0.39 is 395 Å². The van der Waals surface area contributed by atoms with E-state index in [2.05, 4.69) is 16.0 Å². The van der Waals surface area contributed by atoms with Gasteiger partial charge in [-0.3, -0.25) is 14.4 Å². The fourth-order valence-electron chi connectivity index (χ4n) is 16.8. The van der Waals surface area contributed by atoms with Gasteiger partial charge in [-0.2, -0.15) is 0 Å². The van der Waals surface area contributed by atoms with Crippen LogP contribution < -0.4 is 16.0 Å². The van der Waals surface area contributed by atoms with E-state index in [0.29, 0.717) is 0 Å². The number of nitrogens with one attached hydrogen (secondary N) is 3. The molecule has 11 rings (SSSR count). The average Bonchev–Trinajstić information content (AvgIpc) is 0.764. The van der Waals surface area contributed by atoms with Crippen molar-refractivity contribution in [1.82, 2.24) is 16.0 Å². The van der Waals surface area contributed by atoms with Crippen LogP contribution in [-0.2, 0) is 114 Å². The third-order valence-electron chi connectivity index (χ3n) is 24.0. The molecule has 54 heteroatoms. The highest BCUT2D eigenvalue weighted by Crippen LogP contribution is 2.42. The van der Waals surface area contributed by atoms with E-state index in [4.69, 9.17) is 99.5 Å². The van der Waals surface area contributed by atoms with Crippen molar-refractivity contribution in [1.29, 1.82) is 0 Å². The van der Waals surface area contributed by atoms with E-state index in [1.807, 2.05) is 0 Å². The van der Waals surface area contributed by atoms with E-state index in [1.165, 1.54) is 34.6 Å². The molecule has 0 aromatic carbocycles. The average molecular weight is 1840 g/mol. The number of ether oxygens (including phenoxy) is 21. The van der Waals surface area contributed by atoms with Crippen LogP contribution in [0.15, 0.2) is 0 Å². The van der Waals surface area contributed by atoms with Gasteiger partial charge >= 0.3 is 0 Å². The molecule has 0 bridgehead atoms. The van der Waals surface area contributed by atoms with Crippen molar-refractivity contribution < 1.29 is 252 Å². The van der Waals surface area contributed by atoms with Crippen LogP contribution in [0.5, 0.6) is 0 Å². The molecule has 0 aromatic heterocycles. The maximum Gasteiger partial charge on any atom is 0.217 e. The number of rotatable bonds is 29. The van der Waals surface area contributed by atoms with Crippen molar-refractivity contribution in [3.63, 3.8) is 0 Å². The largest absolute Gasteiger partial charge is 0.394 e. The number of carbonyl (C=O) groups excluding carboxylic acids is 3. The summed E-state index contributed by atoms with van der Waals surface area (Å²) < 4.78 is 125. The molecule has 730 valence electrons. The zero-order valence-electron chi connectivity index (χ0n) is 68.9. The summed E-state index contributed by atoms with van der Waals surface area (Å²) in [5.41, 5.74) is 0. The van der Waals surface area contributed by atoms with Crippen molar-refractivity contribution in [3.05, 3.63) is 0 Å². The summed E-state index contributed by atoms with van der Waals surface area (Å²) in [6.45, 7) is 2.93. The normalized spacial score (nSPS) is 52.3. The van der Waals surface area contributed by atoms with Gasteiger partial charge in [0.1, 0.15) is 238 Å². The molecule has 55 atom stereocenters. The van der Waals surface area contributed by atoms with Gasteiger partial charge in [-0.15, -0.1) is 0 Å². The van der Waals surface area contributed by atoms with Crippen molar-refractivity contribution >= 4 is 17.7 Å². The van der Waals surface area contributed by atoms with E-state index >= 15 is 0 Å². The van der Waals surface area contributed by atoms with Gasteiger partial charge in [0.2, 0.25) is 17.7 Å². The minimum absolute atomic E-state index is 0.858. The SMILES string of the molecule is CC(=O)N[C@H]1[C@@H](O[C@@H]2[C@@H](O)[C@H](C)O[C@@H](O[C@@H]3[C@@H](O)[C@H](C)O[C@@H](O[C@H]4[C@@H](O[C@H]5[C@H](O)[C@@H](CO)O[C@H](O[C@@H]6[C@@H](O)[C@H](C)O[C@@H](O[C@@H]7[C@@H](O)[C@H](C)O[C@@H](O[C@H]8[C@@H](O[C@H]9[C@H](O)[C@@H](CO)O[C@H](O[C@@H]%10[C@@H](O)[C@H](C)O[C@@H](O)[C@@H]%10O)[C@@H]9NC(C)=O)O[C@H](CO)[C@H](O)[C@@H]8O)[C@@H]7O)[C@@H]6O)[C@@H]5NC(C)=O)O[C@H](CO)[C@H](O)[C@@H]4O)[C@@H]3O)[C@@H]2O)O[C@H](CO)[C@@H](O)[C@@H]1O[C@H]1O[C@H](CO)[C@H](O)[C@H](O)[C@H]1O. The van der Waals surface area contributed by atoms with Gasteiger partial charge in [-0.1, -0.05) is 0 Å². The van der Waals surface area contributed by atoms with Crippen LogP contribution in [0.1, 0.15) is 55.4 Å². The fraction of sp³-hybridized carbons (Fsp3) is 0.958. The molecule has 0 spiro atoms. The Hall–Kier alpha value is -3.51. The summed E-state index contributed by atoms with van der Waals surface area (Å²) in [5, 5.41) is 311.